The smallest absolute Gasteiger partial charge is 0.334 e. The molecule has 2 atom stereocenters. The third-order valence-corrected chi connectivity index (χ3v) is 5.66. The molecule has 1 aromatic rings. The summed E-state index contributed by atoms with van der Waals surface area (Å²) < 4.78 is 16.4. The summed E-state index contributed by atoms with van der Waals surface area (Å²) in [5.74, 6) is -1.25. The lowest BCUT2D eigenvalue weighted by Crippen LogP contribution is -2.44. The van der Waals surface area contributed by atoms with Crippen LogP contribution < -0.4 is 14.2 Å². The largest absolute Gasteiger partial charge is 0.493 e. The first kappa shape index (κ1) is 20.9. The van der Waals surface area contributed by atoms with Gasteiger partial charge in [0.05, 0.1) is 32.8 Å². The standard InChI is InChI=1S/C22H27NO6/c1-11-16(21(25)26)17(18-13(23-11)9-22(2,3)10-14(18)24)12-7-8-15(27-4)20(29-6)19(12)28-5/h7-8,17-18H,9-10H2,1-6H3,(H,25,26). The molecule has 2 aliphatic rings. The van der Waals surface area contributed by atoms with E-state index in [1.165, 1.54) is 21.3 Å². The normalized spacial score (nSPS) is 23.2. The molecule has 1 N–H and O–H groups in total. The van der Waals surface area contributed by atoms with Gasteiger partial charge >= 0.3 is 5.97 Å². The number of methoxy groups -OCH3 is 3. The highest BCUT2D eigenvalue weighted by Crippen LogP contribution is 2.51. The Kier molecular flexibility index (Phi) is 5.43. The van der Waals surface area contributed by atoms with Crippen LogP contribution in [0.25, 0.3) is 0 Å². The van der Waals surface area contributed by atoms with E-state index in [1.54, 1.807) is 19.1 Å². The van der Waals surface area contributed by atoms with Gasteiger partial charge in [0.15, 0.2) is 11.5 Å². The van der Waals surface area contributed by atoms with Crippen LogP contribution in [0, 0.1) is 11.3 Å². The fraction of sp³-hybridized carbons (Fsp3) is 0.500. The predicted molar refractivity (Wildman–Crippen MR) is 108 cm³/mol. The fourth-order valence-corrected chi connectivity index (χ4v) is 4.58. The molecule has 1 aromatic carbocycles. The Bertz CT molecular complexity index is 927. The van der Waals surface area contributed by atoms with E-state index in [0.717, 1.165) is 5.71 Å². The van der Waals surface area contributed by atoms with Gasteiger partial charge in [-0.3, -0.25) is 9.79 Å². The number of nitrogens with zero attached hydrogens (tertiary/aromatic N) is 1. The molecule has 0 saturated heterocycles. The Morgan fingerprint density at radius 1 is 1.07 bits per heavy atom. The van der Waals surface area contributed by atoms with Gasteiger partial charge in [0, 0.05) is 29.3 Å². The number of Topliss-reactive ketones (excluding diaryl/α,β-unsaturated/α-hetero) is 1. The van der Waals surface area contributed by atoms with E-state index < -0.39 is 17.8 Å². The van der Waals surface area contributed by atoms with Gasteiger partial charge in [0.2, 0.25) is 5.75 Å². The van der Waals surface area contributed by atoms with Crippen molar-refractivity contribution in [1.82, 2.24) is 0 Å². The van der Waals surface area contributed by atoms with E-state index >= 15 is 0 Å². The van der Waals surface area contributed by atoms with Gasteiger partial charge in [-0.25, -0.2) is 4.79 Å². The van der Waals surface area contributed by atoms with Crippen LogP contribution in [0.2, 0.25) is 0 Å². The third kappa shape index (κ3) is 3.50. The summed E-state index contributed by atoms with van der Waals surface area (Å²) in [6.07, 6.45) is 1.01. The van der Waals surface area contributed by atoms with Crippen molar-refractivity contribution in [2.24, 2.45) is 16.3 Å². The number of aliphatic imine (C=N–C) groups is 1. The van der Waals surface area contributed by atoms with Crippen LogP contribution in [-0.2, 0) is 9.59 Å². The number of hydrogen-bond acceptors (Lipinski definition) is 6. The molecule has 2 unspecified atom stereocenters. The molecular weight excluding hydrogens is 374 g/mol. The van der Waals surface area contributed by atoms with Gasteiger partial charge in [-0.2, -0.15) is 0 Å². The number of allylic oxidation sites excluding steroid dienone is 1. The average molecular weight is 401 g/mol. The van der Waals surface area contributed by atoms with Crippen molar-refractivity contribution in [3.8, 4) is 17.2 Å². The maximum atomic E-state index is 13.2. The maximum absolute atomic E-state index is 13.2. The van der Waals surface area contributed by atoms with Gasteiger partial charge in [0.25, 0.3) is 0 Å². The summed E-state index contributed by atoms with van der Waals surface area (Å²) >= 11 is 0. The van der Waals surface area contributed by atoms with Crippen LogP contribution >= 0.6 is 0 Å². The van der Waals surface area contributed by atoms with E-state index in [1.807, 2.05) is 13.8 Å². The van der Waals surface area contributed by atoms with Crippen LogP contribution in [-0.4, -0.2) is 43.9 Å². The maximum Gasteiger partial charge on any atom is 0.334 e. The molecule has 1 aliphatic carbocycles. The van der Waals surface area contributed by atoms with E-state index in [9.17, 15) is 14.7 Å². The Hall–Kier alpha value is -2.83. The highest BCUT2D eigenvalue weighted by molar-refractivity contribution is 6.12. The SMILES string of the molecule is COc1ccc(C2C(C(=O)O)=C(C)N=C3CC(C)(C)CC(=O)C32)c(OC)c1OC. The molecule has 0 bridgehead atoms. The lowest BCUT2D eigenvalue weighted by Gasteiger charge is -2.41. The lowest BCUT2D eigenvalue weighted by molar-refractivity contribution is -0.133. The average Bonchev–Trinajstić information content (AvgIpc) is 2.63. The molecule has 29 heavy (non-hydrogen) atoms. The number of aliphatic carboxylic acids is 1. The minimum atomic E-state index is -1.09. The molecule has 0 spiro atoms. The summed E-state index contributed by atoms with van der Waals surface area (Å²) in [6, 6.07) is 3.45. The molecule has 7 nitrogen and oxygen atoms in total. The Morgan fingerprint density at radius 3 is 2.28 bits per heavy atom. The highest BCUT2D eigenvalue weighted by atomic mass is 16.5. The topological polar surface area (TPSA) is 94.4 Å². The van der Waals surface area contributed by atoms with E-state index in [2.05, 4.69) is 4.99 Å². The number of fused-ring (bicyclic) bond motifs is 1. The number of ketones is 1. The molecule has 1 fully saturated rings. The number of rotatable bonds is 5. The number of carbonyl (C=O) groups is 2. The minimum absolute atomic E-state index is 0.00640. The molecule has 0 amide bonds. The number of hydrogen-bond donors (Lipinski definition) is 1. The number of carbonyl (C=O) groups excluding carboxylic acids is 1. The first-order valence-electron chi connectivity index (χ1n) is 9.48. The molecule has 3 rings (SSSR count). The monoisotopic (exact) mass is 401 g/mol. The van der Waals surface area contributed by atoms with Crippen molar-refractivity contribution in [2.45, 2.75) is 39.5 Å². The zero-order valence-electron chi connectivity index (χ0n) is 17.7. The molecule has 0 aromatic heterocycles. The summed E-state index contributed by atoms with van der Waals surface area (Å²) in [7, 11) is 4.49. The molecule has 0 radical (unpaired) electrons. The Labute approximate surface area is 170 Å². The second-order valence-corrected chi connectivity index (χ2v) is 8.27. The van der Waals surface area contributed by atoms with Crippen LogP contribution in [0.1, 0.15) is 45.1 Å². The van der Waals surface area contributed by atoms with Crippen molar-refractivity contribution < 1.29 is 28.9 Å². The first-order valence-corrected chi connectivity index (χ1v) is 9.48. The molecule has 1 heterocycles. The van der Waals surface area contributed by atoms with E-state index in [4.69, 9.17) is 14.2 Å². The summed E-state index contributed by atoms with van der Waals surface area (Å²) in [5.41, 5.74) is 1.62. The Morgan fingerprint density at radius 2 is 1.72 bits per heavy atom. The minimum Gasteiger partial charge on any atom is -0.493 e. The quantitative estimate of drug-likeness (QED) is 0.810. The van der Waals surface area contributed by atoms with E-state index in [0.29, 0.717) is 41.4 Å². The first-order chi connectivity index (χ1) is 13.6. The van der Waals surface area contributed by atoms with Crippen molar-refractivity contribution >= 4 is 17.5 Å². The van der Waals surface area contributed by atoms with Crippen LogP contribution in [0.5, 0.6) is 17.2 Å². The zero-order valence-corrected chi connectivity index (χ0v) is 17.7. The fourth-order valence-electron chi connectivity index (χ4n) is 4.58. The molecular formula is C22H27NO6. The van der Waals surface area contributed by atoms with Crippen molar-refractivity contribution in [1.29, 1.82) is 0 Å². The van der Waals surface area contributed by atoms with E-state index in [-0.39, 0.29) is 16.8 Å². The number of carboxylic acid groups (broad SMARTS) is 1. The van der Waals surface area contributed by atoms with Crippen LogP contribution in [0.3, 0.4) is 0 Å². The van der Waals surface area contributed by atoms with Crippen LogP contribution in [0.4, 0.5) is 0 Å². The molecule has 1 saturated carbocycles. The summed E-state index contributed by atoms with van der Waals surface area (Å²) in [5, 5.41) is 9.98. The second-order valence-electron chi connectivity index (χ2n) is 8.27. The molecule has 7 heteroatoms. The van der Waals surface area contributed by atoms with Crippen LogP contribution in [0.15, 0.2) is 28.4 Å². The lowest BCUT2D eigenvalue weighted by atomic mass is 9.63. The summed E-state index contributed by atoms with van der Waals surface area (Å²) in [4.78, 5) is 29.9. The van der Waals surface area contributed by atoms with Crippen molar-refractivity contribution in [3.05, 3.63) is 29.0 Å². The van der Waals surface area contributed by atoms with Gasteiger partial charge in [-0.1, -0.05) is 19.9 Å². The predicted octanol–water partition coefficient (Wildman–Crippen LogP) is 3.61. The van der Waals surface area contributed by atoms with Crippen molar-refractivity contribution in [2.75, 3.05) is 21.3 Å². The highest BCUT2D eigenvalue weighted by Gasteiger charge is 2.48. The van der Waals surface area contributed by atoms with Crippen molar-refractivity contribution in [3.63, 3.8) is 0 Å². The number of ether oxygens (including phenoxy) is 3. The number of benzene rings is 1. The molecule has 156 valence electrons. The van der Waals surface area contributed by atoms with Gasteiger partial charge in [-0.15, -0.1) is 0 Å². The molecule has 1 aliphatic heterocycles. The summed E-state index contributed by atoms with van der Waals surface area (Å²) in [6.45, 7) is 5.74. The van der Waals surface area contributed by atoms with Gasteiger partial charge in [-0.05, 0) is 24.8 Å². The van der Waals surface area contributed by atoms with Gasteiger partial charge < -0.3 is 19.3 Å². The number of carboxylic acids is 1. The Balaban J connectivity index is 2.28. The second kappa shape index (κ2) is 7.54. The third-order valence-electron chi connectivity index (χ3n) is 5.66. The zero-order chi connectivity index (χ0) is 21.5. The van der Waals surface area contributed by atoms with Gasteiger partial charge in [0.1, 0.15) is 5.78 Å².